The molecule has 102 valence electrons. The molecule has 1 heterocycles. The molecular formula is C14H17IN2O2. The maximum Gasteiger partial charge on any atom is 0.243 e. The van der Waals surface area contributed by atoms with E-state index in [1.807, 2.05) is 38.1 Å². The first-order valence-electron chi connectivity index (χ1n) is 6.30. The Morgan fingerprint density at radius 1 is 1.32 bits per heavy atom. The minimum Gasteiger partial charge on any atom is -0.345 e. The molecule has 1 N–H and O–H groups in total. The van der Waals surface area contributed by atoms with Crippen LogP contribution in [0.2, 0.25) is 0 Å². The van der Waals surface area contributed by atoms with E-state index in [0.29, 0.717) is 6.54 Å². The highest BCUT2D eigenvalue weighted by atomic mass is 127. The lowest BCUT2D eigenvalue weighted by Gasteiger charge is -2.37. The van der Waals surface area contributed by atoms with Crippen molar-refractivity contribution in [3.05, 3.63) is 33.4 Å². The zero-order valence-corrected chi connectivity index (χ0v) is 13.2. The molecule has 2 rings (SSSR count). The van der Waals surface area contributed by atoms with Gasteiger partial charge in [0.25, 0.3) is 0 Å². The summed E-state index contributed by atoms with van der Waals surface area (Å²) in [7, 11) is 0. The Balaban J connectivity index is 2.21. The topological polar surface area (TPSA) is 49.4 Å². The Labute approximate surface area is 126 Å². The van der Waals surface area contributed by atoms with E-state index in [9.17, 15) is 9.59 Å². The molecule has 5 heteroatoms. The van der Waals surface area contributed by atoms with E-state index in [0.717, 1.165) is 9.13 Å². The van der Waals surface area contributed by atoms with Crippen molar-refractivity contribution in [3.63, 3.8) is 0 Å². The van der Waals surface area contributed by atoms with Crippen LogP contribution in [0.1, 0.15) is 19.4 Å². The normalized spacial score (nSPS) is 19.8. The van der Waals surface area contributed by atoms with Gasteiger partial charge in [0.15, 0.2) is 0 Å². The zero-order valence-electron chi connectivity index (χ0n) is 11.0. The average Bonchev–Trinajstić information content (AvgIpc) is 2.36. The fourth-order valence-corrected chi connectivity index (χ4v) is 2.66. The number of nitrogens with zero attached hydrogens (tertiary/aromatic N) is 1. The van der Waals surface area contributed by atoms with Gasteiger partial charge in [-0.05, 0) is 46.2 Å². The van der Waals surface area contributed by atoms with Crippen LogP contribution >= 0.6 is 22.6 Å². The SMILES string of the molecule is CC(C)C1C(=O)NCC(=O)N1Cc1ccc(I)cc1. The molecule has 1 aliphatic heterocycles. The minimum absolute atomic E-state index is 0.0168. The van der Waals surface area contributed by atoms with Crippen molar-refractivity contribution >= 4 is 34.4 Å². The van der Waals surface area contributed by atoms with E-state index in [2.05, 4.69) is 27.9 Å². The molecule has 0 spiro atoms. The first kappa shape index (κ1) is 14.3. The first-order chi connectivity index (χ1) is 8.99. The van der Waals surface area contributed by atoms with Crippen molar-refractivity contribution in [1.29, 1.82) is 0 Å². The number of nitrogens with one attached hydrogen (secondary N) is 1. The number of amides is 2. The number of rotatable bonds is 3. The van der Waals surface area contributed by atoms with Gasteiger partial charge >= 0.3 is 0 Å². The second kappa shape index (κ2) is 5.90. The summed E-state index contributed by atoms with van der Waals surface area (Å²) < 4.78 is 1.16. The Morgan fingerprint density at radius 2 is 1.95 bits per heavy atom. The van der Waals surface area contributed by atoms with Crippen molar-refractivity contribution in [2.75, 3.05) is 6.54 Å². The highest BCUT2D eigenvalue weighted by molar-refractivity contribution is 14.1. The predicted molar refractivity (Wildman–Crippen MR) is 81.3 cm³/mol. The second-order valence-electron chi connectivity index (χ2n) is 5.05. The summed E-state index contributed by atoms with van der Waals surface area (Å²) in [6.07, 6.45) is 0. The Kier molecular flexibility index (Phi) is 4.44. The van der Waals surface area contributed by atoms with Crippen molar-refractivity contribution in [2.45, 2.75) is 26.4 Å². The fourth-order valence-electron chi connectivity index (χ4n) is 2.30. The van der Waals surface area contributed by atoms with Gasteiger partial charge in [-0.15, -0.1) is 0 Å². The van der Waals surface area contributed by atoms with Gasteiger partial charge in [-0.2, -0.15) is 0 Å². The van der Waals surface area contributed by atoms with E-state index in [4.69, 9.17) is 0 Å². The minimum atomic E-state index is -0.375. The summed E-state index contributed by atoms with van der Waals surface area (Å²) in [6, 6.07) is 7.64. The van der Waals surface area contributed by atoms with Gasteiger partial charge in [0.1, 0.15) is 6.04 Å². The van der Waals surface area contributed by atoms with Crippen LogP contribution in [-0.2, 0) is 16.1 Å². The van der Waals surface area contributed by atoms with Crippen LogP contribution in [0.25, 0.3) is 0 Å². The fraction of sp³-hybridized carbons (Fsp3) is 0.429. The molecule has 0 aromatic heterocycles. The molecular weight excluding hydrogens is 355 g/mol. The molecule has 0 aliphatic carbocycles. The van der Waals surface area contributed by atoms with Crippen LogP contribution < -0.4 is 5.32 Å². The van der Waals surface area contributed by atoms with Crippen LogP contribution in [0, 0.1) is 9.49 Å². The average molecular weight is 372 g/mol. The first-order valence-corrected chi connectivity index (χ1v) is 7.38. The molecule has 0 saturated carbocycles. The number of hydrogen-bond donors (Lipinski definition) is 1. The van der Waals surface area contributed by atoms with Gasteiger partial charge in [-0.25, -0.2) is 0 Å². The second-order valence-corrected chi connectivity index (χ2v) is 6.30. The van der Waals surface area contributed by atoms with Gasteiger partial charge in [0, 0.05) is 10.1 Å². The maximum atomic E-state index is 12.0. The third kappa shape index (κ3) is 3.26. The van der Waals surface area contributed by atoms with Gasteiger partial charge in [0.05, 0.1) is 6.54 Å². The molecule has 1 aromatic rings. The quantitative estimate of drug-likeness (QED) is 0.823. The number of carbonyl (C=O) groups excluding carboxylic acids is 2. The molecule has 0 radical (unpaired) electrons. The van der Waals surface area contributed by atoms with Crippen LogP contribution in [0.4, 0.5) is 0 Å². The Bertz CT molecular complexity index is 485. The highest BCUT2D eigenvalue weighted by Gasteiger charge is 2.36. The molecule has 1 aliphatic rings. The number of carbonyl (C=O) groups is 2. The molecule has 19 heavy (non-hydrogen) atoms. The number of piperazine rings is 1. The van der Waals surface area contributed by atoms with E-state index >= 15 is 0 Å². The van der Waals surface area contributed by atoms with Crippen molar-refractivity contribution < 1.29 is 9.59 Å². The Hall–Kier alpha value is -1.11. The van der Waals surface area contributed by atoms with E-state index in [1.54, 1.807) is 4.90 Å². The van der Waals surface area contributed by atoms with Crippen molar-refractivity contribution in [2.24, 2.45) is 5.92 Å². The molecule has 1 unspecified atom stereocenters. The van der Waals surface area contributed by atoms with Crippen LogP contribution in [0.5, 0.6) is 0 Å². The summed E-state index contributed by atoms with van der Waals surface area (Å²) in [5.74, 6) is 0.0325. The molecule has 1 atom stereocenters. The number of hydrogen-bond acceptors (Lipinski definition) is 2. The third-order valence-corrected chi connectivity index (χ3v) is 3.96. The van der Waals surface area contributed by atoms with Gasteiger partial charge in [-0.1, -0.05) is 26.0 Å². The summed E-state index contributed by atoms with van der Waals surface area (Å²) in [4.78, 5) is 25.7. The molecule has 1 fully saturated rings. The maximum absolute atomic E-state index is 12.0. The molecule has 1 saturated heterocycles. The summed E-state index contributed by atoms with van der Waals surface area (Å²) in [5, 5.41) is 2.66. The lowest BCUT2D eigenvalue weighted by molar-refractivity contribution is -0.148. The lowest BCUT2D eigenvalue weighted by Crippen LogP contribution is -2.59. The molecule has 4 nitrogen and oxygen atoms in total. The monoisotopic (exact) mass is 372 g/mol. The zero-order chi connectivity index (χ0) is 14.0. The number of benzene rings is 1. The number of halogens is 1. The third-order valence-electron chi connectivity index (χ3n) is 3.24. The molecule has 0 bridgehead atoms. The van der Waals surface area contributed by atoms with E-state index < -0.39 is 0 Å². The highest BCUT2D eigenvalue weighted by Crippen LogP contribution is 2.18. The largest absolute Gasteiger partial charge is 0.345 e. The predicted octanol–water partition coefficient (Wildman–Crippen LogP) is 1.77. The smallest absolute Gasteiger partial charge is 0.243 e. The van der Waals surface area contributed by atoms with Gasteiger partial charge < -0.3 is 10.2 Å². The van der Waals surface area contributed by atoms with Gasteiger partial charge in [-0.3, -0.25) is 9.59 Å². The van der Waals surface area contributed by atoms with Crippen LogP contribution in [0.3, 0.4) is 0 Å². The van der Waals surface area contributed by atoms with Crippen LogP contribution in [0.15, 0.2) is 24.3 Å². The van der Waals surface area contributed by atoms with Gasteiger partial charge in [0.2, 0.25) is 11.8 Å². The summed E-state index contributed by atoms with van der Waals surface area (Å²) >= 11 is 2.24. The van der Waals surface area contributed by atoms with Crippen molar-refractivity contribution in [1.82, 2.24) is 10.2 Å². The Morgan fingerprint density at radius 3 is 2.53 bits per heavy atom. The van der Waals surface area contributed by atoms with E-state index in [1.165, 1.54) is 0 Å². The standard InChI is InChI=1S/C14H17IN2O2/c1-9(2)13-14(19)16-7-12(18)17(13)8-10-3-5-11(15)6-4-10/h3-6,9,13H,7-8H2,1-2H3,(H,16,19). The molecule has 2 amide bonds. The molecule has 1 aromatic carbocycles. The summed E-state index contributed by atoms with van der Waals surface area (Å²) in [5.41, 5.74) is 1.05. The van der Waals surface area contributed by atoms with Crippen molar-refractivity contribution in [3.8, 4) is 0 Å². The van der Waals surface area contributed by atoms with Crippen LogP contribution in [-0.4, -0.2) is 29.3 Å². The summed E-state index contributed by atoms with van der Waals surface area (Å²) in [6.45, 7) is 4.52. The van der Waals surface area contributed by atoms with E-state index in [-0.39, 0.29) is 30.3 Å². The lowest BCUT2D eigenvalue weighted by atomic mass is 9.98.